The molecule has 0 radical (unpaired) electrons. The summed E-state index contributed by atoms with van der Waals surface area (Å²) < 4.78 is 5.08. The van der Waals surface area contributed by atoms with Crippen LogP contribution in [0.4, 0.5) is 0 Å². The molecule has 0 atom stereocenters. The van der Waals surface area contributed by atoms with Crippen molar-refractivity contribution in [3.8, 4) is 5.75 Å². The lowest BCUT2D eigenvalue weighted by Crippen LogP contribution is -2.32. The van der Waals surface area contributed by atoms with E-state index >= 15 is 0 Å². The van der Waals surface area contributed by atoms with Gasteiger partial charge in [-0.1, -0.05) is 22.9 Å². The van der Waals surface area contributed by atoms with Crippen molar-refractivity contribution in [2.24, 2.45) is 0 Å². The van der Waals surface area contributed by atoms with Crippen molar-refractivity contribution in [3.05, 3.63) is 16.3 Å². The number of alkyl halides is 1. The Balaban J connectivity index is 2.72. The van der Waals surface area contributed by atoms with Crippen LogP contribution in [0.3, 0.4) is 0 Å². The fraction of sp³-hybridized carbons (Fsp3) is 0.545. The van der Waals surface area contributed by atoms with Gasteiger partial charge in [0.15, 0.2) is 0 Å². The van der Waals surface area contributed by atoms with Crippen molar-refractivity contribution in [3.63, 3.8) is 0 Å². The van der Waals surface area contributed by atoms with E-state index in [4.69, 9.17) is 4.74 Å². The Morgan fingerprint density at radius 2 is 2.31 bits per heavy atom. The Bertz CT molecular complexity index is 334. The largest absolute Gasteiger partial charge is 0.496 e. The first kappa shape index (κ1) is 13.5. The summed E-state index contributed by atoms with van der Waals surface area (Å²) in [6, 6.07) is 1.80. The van der Waals surface area contributed by atoms with E-state index in [9.17, 15) is 4.79 Å². The van der Waals surface area contributed by atoms with E-state index in [2.05, 4.69) is 22.9 Å². The molecule has 16 heavy (non-hydrogen) atoms. The zero-order chi connectivity index (χ0) is 12.0. The van der Waals surface area contributed by atoms with E-state index in [0.29, 0.717) is 0 Å². The molecular weight excluding hydrogens is 290 g/mol. The summed E-state index contributed by atoms with van der Waals surface area (Å²) in [4.78, 5) is 14.7. The molecule has 1 aromatic rings. The average Bonchev–Trinajstić information content (AvgIpc) is 2.76. The summed E-state index contributed by atoms with van der Waals surface area (Å²) in [6.45, 7) is 3.61. The number of halogens is 1. The van der Waals surface area contributed by atoms with Crippen LogP contribution in [0.5, 0.6) is 5.75 Å². The summed E-state index contributed by atoms with van der Waals surface area (Å²) in [6.07, 6.45) is 0.973. The lowest BCUT2D eigenvalue weighted by molar-refractivity contribution is 0.0771. The van der Waals surface area contributed by atoms with Gasteiger partial charge in [0.05, 0.1) is 12.0 Å². The minimum absolute atomic E-state index is 0.0922. The average molecular weight is 306 g/mol. The van der Waals surface area contributed by atoms with Gasteiger partial charge in [-0.3, -0.25) is 4.79 Å². The molecule has 1 rings (SSSR count). The summed E-state index contributed by atoms with van der Waals surface area (Å²) in [5.41, 5.74) is 0. The van der Waals surface area contributed by atoms with Crippen LogP contribution < -0.4 is 4.74 Å². The smallest absolute Gasteiger partial charge is 0.264 e. The first-order chi connectivity index (χ1) is 7.72. The third-order valence-corrected chi connectivity index (χ3v) is 3.41. The third kappa shape index (κ3) is 3.49. The van der Waals surface area contributed by atoms with Crippen molar-refractivity contribution in [2.45, 2.75) is 13.3 Å². The van der Waals surface area contributed by atoms with E-state index in [1.165, 1.54) is 11.3 Å². The molecular formula is C11H16BrNO2S. The van der Waals surface area contributed by atoms with Gasteiger partial charge in [-0.15, -0.1) is 11.3 Å². The number of rotatable bonds is 6. The highest BCUT2D eigenvalue weighted by molar-refractivity contribution is 9.09. The van der Waals surface area contributed by atoms with Crippen LogP contribution in [-0.2, 0) is 0 Å². The van der Waals surface area contributed by atoms with E-state index < -0.39 is 0 Å². The molecule has 0 spiro atoms. The number of carbonyl (C=O) groups is 1. The Morgan fingerprint density at radius 1 is 1.56 bits per heavy atom. The van der Waals surface area contributed by atoms with E-state index in [-0.39, 0.29) is 5.91 Å². The maximum absolute atomic E-state index is 12.1. The molecule has 5 heteroatoms. The Hall–Kier alpha value is -0.550. The Labute approximate surface area is 109 Å². The number of thiophene rings is 1. The molecule has 0 N–H and O–H groups in total. The first-order valence-corrected chi connectivity index (χ1v) is 7.20. The predicted molar refractivity (Wildman–Crippen MR) is 70.9 cm³/mol. The van der Waals surface area contributed by atoms with Gasteiger partial charge in [0.1, 0.15) is 5.75 Å². The molecule has 1 heterocycles. The summed E-state index contributed by atoms with van der Waals surface area (Å²) in [5.74, 6) is 0.846. The molecule has 0 aromatic carbocycles. The zero-order valence-electron chi connectivity index (χ0n) is 9.53. The molecule has 0 aliphatic rings. The lowest BCUT2D eigenvalue weighted by Gasteiger charge is -2.19. The summed E-state index contributed by atoms with van der Waals surface area (Å²) >= 11 is 4.80. The molecule has 0 aliphatic heterocycles. The first-order valence-electron chi connectivity index (χ1n) is 5.20. The maximum atomic E-state index is 12.1. The molecule has 3 nitrogen and oxygen atoms in total. The van der Waals surface area contributed by atoms with Crippen LogP contribution in [0.25, 0.3) is 0 Å². The van der Waals surface area contributed by atoms with Gasteiger partial charge in [-0.2, -0.15) is 0 Å². The van der Waals surface area contributed by atoms with Gasteiger partial charge in [0.2, 0.25) is 0 Å². The van der Waals surface area contributed by atoms with Crippen molar-refractivity contribution < 1.29 is 9.53 Å². The van der Waals surface area contributed by atoms with Crippen molar-refractivity contribution >= 4 is 33.2 Å². The highest BCUT2D eigenvalue weighted by Gasteiger charge is 2.16. The van der Waals surface area contributed by atoms with Crippen molar-refractivity contribution in [1.82, 2.24) is 4.90 Å². The topological polar surface area (TPSA) is 29.5 Å². The molecule has 0 saturated carbocycles. The fourth-order valence-electron chi connectivity index (χ4n) is 1.38. The number of ether oxygens (including phenoxy) is 1. The number of carbonyl (C=O) groups excluding carboxylic acids is 1. The SMILES string of the molecule is CCCN(CCBr)C(=O)c1cc(OC)cs1. The predicted octanol–water partition coefficient (Wildman–Crippen LogP) is 3.00. The number of nitrogens with zero attached hydrogens (tertiary/aromatic N) is 1. The van der Waals surface area contributed by atoms with Crippen LogP contribution in [0.1, 0.15) is 23.0 Å². The second-order valence-electron chi connectivity index (χ2n) is 3.33. The van der Waals surface area contributed by atoms with Crippen molar-refractivity contribution in [2.75, 3.05) is 25.5 Å². The van der Waals surface area contributed by atoms with Gasteiger partial charge in [-0.25, -0.2) is 0 Å². The van der Waals surface area contributed by atoms with Crippen LogP contribution >= 0.6 is 27.3 Å². The highest BCUT2D eigenvalue weighted by Crippen LogP contribution is 2.22. The van der Waals surface area contributed by atoms with E-state index in [1.807, 2.05) is 10.3 Å². The van der Waals surface area contributed by atoms with Crippen LogP contribution in [-0.4, -0.2) is 36.3 Å². The van der Waals surface area contributed by atoms with Gasteiger partial charge < -0.3 is 9.64 Å². The monoisotopic (exact) mass is 305 g/mol. The molecule has 1 aromatic heterocycles. The second-order valence-corrected chi connectivity index (χ2v) is 5.04. The number of hydrogen-bond donors (Lipinski definition) is 0. The highest BCUT2D eigenvalue weighted by atomic mass is 79.9. The maximum Gasteiger partial charge on any atom is 0.264 e. The molecule has 0 unspecified atom stereocenters. The lowest BCUT2D eigenvalue weighted by atomic mass is 10.3. The fourth-order valence-corrected chi connectivity index (χ4v) is 2.63. The Morgan fingerprint density at radius 3 is 2.81 bits per heavy atom. The normalized spacial score (nSPS) is 10.2. The van der Waals surface area contributed by atoms with Gasteiger partial charge in [-0.05, 0) is 6.42 Å². The van der Waals surface area contributed by atoms with E-state index in [1.54, 1.807) is 13.2 Å². The molecule has 0 bridgehead atoms. The van der Waals surface area contributed by atoms with Crippen molar-refractivity contribution in [1.29, 1.82) is 0 Å². The third-order valence-electron chi connectivity index (χ3n) is 2.16. The number of amides is 1. The molecule has 0 saturated heterocycles. The molecule has 90 valence electrons. The second kappa shape index (κ2) is 6.91. The van der Waals surface area contributed by atoms with Gasteiger partial charge >= 0.3 is 0 Å². The molecule has 1 amide bonds. The van der Waals surface area contributed by atoms with Gasteiger partial charge in [0.25, 0.3) is 5.91 Å². The minimum atomic E-state index is 0.0922. The number of methoxy groups -OCH3 is 1. The van der Waals surface area contributed by atoms with Crippen LogP contribution in [0.15, 0.2) is 11.4 Å². The summed E-state index contributed by atoms with van der Waals surface area (Å²) in [5, 5.41) is 2.66. The van der Waals surface area contributed by atoms with E-state index in [0.717, 1.165) is 35.5 Å². The van der Waals surface area contributed by atoms with Crippen LogP contribution in [0, 0.1) is 0 Å². The molecule has 0 aliphatic carbocycles. The standard InChI is InChI=1S/C11H16BrNO2S/c1-3-5-13(6-4-12)11(14)10-7-9(15-2)8-16-10/h7-8H,3-6H2,1-2H3. The number of hydrogen-bond acceptors (Lipinski definition) is 3. The minimum Gasteiger partial charge on any atom is -0.496 e. The quantitative estimate of drug-likeness (QED) is 0.756. The zero-order valence-corrected chi connectivity index (χ0v) is 11.9. The van der Waals surface area contributed by atoms with Crippen LogP contribution in [0.2, 0.25) is 0 Å². The summed E-state index contributed by atoms with van der Waals surface area (Å²) in [7, 11) is 1.61. The van der Waals surface area contributed by atoms with Gasteiger partial charge in [0, 0.05) is 29.9 Å². The molecule has 0 fully saturated rings. The Kier molecular flexibility index (Phi) is 5.84.